The van der Waals surface area contributed by atoms with Crippen LogP contribution in [0, 0.1) is 13.8 Å². The molecule has 2 aromatic rings. The van der Waals surface area contributed by atoms with Gasteiger partial charge in [-0.25, -0.2) is 9.48 Å². The van der Waals surface area contributed by atoms with E-state index in [9.17, 15) is 18.0 Å². The Morgan fingerprint density at radius 1 is 1.09 bits per heavy atom. The van der Waals surface area contributed by atoms with Gasteiger partial charge in [-0.2, -0.15) is 13.2 Å². The number of aromatic nitrogens is 3. The van der Waals surface area contributed by atoms with Gasteiger partial charge in [0.05, 0.1) is 25.5 Å². The lowest BCUT2D eigenvalue weighted by molar-refractivity contribution is -0.192. The van der Waals surface area contributed by atoms with Crippen molar-refractivity contribution in [3.63, 3.8) is 0 Å². The van der Waals surface area contributed by atoms with Crippen molar-refractivity contribution >= 4 is 11.9 Å². The molecule has 0 bridgehead atoms. The zero-order valence-corrected chi connectivity index (χ0v) is 19.1. The molecule has 1 aromatic carbocycles. The minimum atomic E-state index is -5.08. The minimum absolute atomic E-state index is 0.0880. The van der Waals surface area contributed by atoms with E-state index in [4.69, 9.17) is 14.6 Å². The number of halogens is 3. The smallest absolute Gasteiger partial charge is 0.475 e. The highest BCUT2D eigenvalue weighted by molar-refractivity contribution is 5.94. The lowest BCUT2D eigenvalue weighted by atomic mass is 10.1. The molecule has 2 aliphatic rings. The Balaban J connectivity index is 0.000000406. The number of rotatable bonds is 3. The normalized spacial score (nSPS) is 16.8. The summed E-state index contributed by atoms with van der Waals surface area (Å²) in [6, 6.07) is 5.95. The van der Waals surface area contributed by atoms with E-state index in [0.29, 0.717) is 6.54 Å². The summed E-state index contributed by atoms with van der Waals surface area (Å²) < 4.78 is 39.1. The number of hydrogen-bond acceptors (Lipinski definition) is 6. The van der Waals surface area contributed by atoms with Crippen LogP contribution in [0.4, 0.5) is 13.2 Å². The van der Waals surface area contributed by atoms with Crippen LogP contribution in [0.5, 0.6) is 0 Å². The maximum atomic E-state index is 13.1. The number of aryl methyl sites for hydroxylation is 3. The van der Waals surface area contributed by atoms with Crippen molar-refractivity contribution in [2.75, 3.05) is 32.8 Å². The van der Waals surface area contributed by atoms with Crippen molar-refractivity contribution in [3.8, 4) is 0 Å². The second kappa shape index (κ2) is 11.0. The SMILES string of the molecule is Cc1ccc(C(=O)N2CCCn3nnc(CN4CCOCC4)c3C2)cc1C.O=C(O)C(F)(F)F. The summed E-state index contributed by atoms with van der Waals surface area (Å²) in [4.78, 5) is 26.3. The molecule has 1 amide bonds. The molecule has 3 heterocycles. The lowest BCUT2D eigenvalue weighted by Gasteiger charge is -2.26. The number of ether oxygens (including phenoxy) is 1. The average Bonchev–Trinajstić information content (AvgIpc) is 3.02. The molecule has 4 rings (SSSR count). The number of benzene rings is 1. The summed E-state index contributed by atoms with van der Waals surface area (Å²) in [5, 5.41) is 15.9. The molecule has 0 unspecified atom stereocenters. The number of carboxylic acid groups (broad SMARTS) is 1. The highest BCUT2D eigenvalue weighted by Gasteiger charge is 2.38. The summed E-state index contributed by atoms with van der Waals surface area (Å²) in [5.74, 6) is -2.67. The molecular formula is C22H28F3N5O4. The Morgan fingerprint density at radius 3 is 2.38 bits per heavy atom. The van der Waals surface area contributed by atoms with Gasteiger partial charge in [-0.05, 0) is 43.5 Å². The van der Waals surface area contributed by atoms with Gasteiger partial charge in [0, 0.05) is 38.3 Å². The molecule has 0 radical (unpaired) electrons. The van der Waals surface area contributed by atoms with Gasteiger partial charge >= 0.3 is 12.1 Å². The molecule has 12 heteroatoms. The third-order valence-corrected chi connectivity index (χ3v) is 5.82. The molecule has 0 spiro atoms. The van der Waals surface area contributed by atoms with Gasteiger partial charge in [0.2, 0.25) is 0 Å². The van der Waals surface area contributed by atoms with Gasteiger partial charge in [-0.1, -0.05) is 11.3 Å². The standard InChI is InChI=1S/C20H27N5O2.C2HF3O2/c1-15-4-5-17(12-16(15)2)20(26)24-6-3-7-25-19(14-24)18(21-22-25)13-23-8-10-27-11-9-23;3-2(4,5)1(6)7/h4-5,12H,3,6-11,13-14H2,1-2H3;(H,6,7). The van der Waals surface area contributed by atoms with Gasteiger partial charge in [0.15, 0.2) is 0 Å². The van der Waals surface area contributed by atoms with Gasteiger partial charge in [0.25, 0.3) is 5.91 Å². The van der Waals surface area contributed by atoms with Crippen LogP contribution in [0.1, 0.15) is 39.3 Å². The van der Waals surface area contributed by atoms with Crippen LogP contribution in [0.25, 0.3) is 0 Å². The average molecular weight is 483 g/mol. The molecule has 1 N–H and O–H groups in total. The number of carboxylic acids is 1. The van der Waals surface area contributed by atoms with Gasteiger partial charge in [-0.3, -0.25) is 9.69 Å². The van der Waals surface area contributed by atoms with Crippen LogP contribution in [0.15, 0.2) is 18.2 Å². The molecule has 2 aliphatic heterocycles. The molecule has 0 saturated carbocycles. The van der Waals surface area contributed by atoms with Gasteiger partial charge in [-0.15, -0.1) is 5.10 Å². The first-order valence-electron chi connectivity index (χ1n) is 10.9. The maximum absolute atomic E-state index is 13.1. The summed E-state index contributed by atoms with van der Waals surface area (Å²) in [5.41, 5.74) is 5.16. The number of carbonyl (C=O) groups is 2. The number of aliphatic carboxylic acids is 1. The molecule has 1 aromatic heterocycles. The highest BCUT2D eigenvalue weighted by atomic mass is 19.4. The fourth-order valence-corrected chi connectivity index (χ4v) is 3.72. The first-order chi connectivity index (χ1) is 16.1. The lowest BCUT2D eigenvalue weighted by Crippen LogP contribution is -2.36. The van der Waals surface area contributed by atoms with E-state index in [1.54, 1.807) is 0 Å². The van der Waals surface area contributed by atoms with E-state index in [0.717, 1.165) is 74.9 Å². The second-order valence-electron chi connectivity index (χ2n) is 8.28. The van der Waals surface area contributed by atoms with Crippen LogP contribution < -0.4 is 0 Å². The summed E-state index contributed by atoms with van der Waals surface area (Å²) in [6.07, 6.45) is -4.19. The van der Waals surface area contributed by atoms with E-state index < -0.39 is 12.1 Å². The predicted molar refractivity (Wildman–Crippen MR) is 115 cm³/mol. The quantitative estimate of drug-likeness (QED) is 0.716. The highest BCUT2D eigenvalue weighted by Crippen LogP contribution is 2.20. The summed E-state index contributed by atoms with van der Waals surface area (Å²) in [6.45, 7) is 10.4. The number of nitrogens with zero attached hydrogens (tertiary/aromatic N) is 5. The number of fused-ring (bicyclic) bond motifs is 1. The molecular weight excluding hydrogens is 455 g/mol. The third kappa shape index (κ3) is 6.54. The Kier molecular flexibility index (Phi) is 8.26. The topological polar surface area (TPSA) is 101 Å². The maximum Gasteiger partial charge on any atom is 0.490 e. The van der Waals surface area contributed by atoms with E-state index in [1.165, 1.54) is 5.56 Å². The van der Waals surface area contributed by atoms with Gasteiger partial charge < -0.3 is 14.7 Å². The van der Waals surface area contributed by atoms with Crippen molar-refractivity contribution in [1.29, 1.82) is 0 Å². The van der Waals surface area contributed by atoms with Crippen molar-refractivity contribution < 1.29 is 32.6 Å². The van der Waals surface area contributed by atoms with Crippen LogP contribution >= 0.6 is 0 Å². The third-order valence-electron chi connectivity index (χ3n) is 5.82. The van der Waals surface area contributed by atoms with Crippen molar-refractivity contribution in [2.24, 2.45) is 0 Å². The van der Waals surface area contributed by atoms with E-state index >= 15 is 0 Å². The molecule has 0 atom stereocenters. The van der Waals surface area contributed by atoms with E-state index in [-0.39, 0.29) is 5.91 Å². The number of morpholine rings is 1. The van der Waals surface area contributed by atoms with Gasteiger partial charge in [0.1, 0.15) is 5.69 Å². The van der Waals surface area contributed by atoms with Crippen molar-refractivity contribution in [3.05, 3.63) is 46.3 Å². The molecule has 9 nitrogen and oxygen atoms in total. The van der Waals surface area contributed by atoms with E-state index in [2.05, 4.69) is 22.1 Å². The first kappa shape index (κ1) is 25.6. The fraction of sp³-hybridized carbons (Fsp3) is 0.545. The summed E-state index contributed by atoms with van der Waals surface area (Å²) >= 11 is 0. The Labute approximate surface area is 195 Å². The predicted octanol–water partition coefficient (Wildman–Crippen LogP) is 2.41. The number of amides is 1. The minimum Gasteiger partial charge on any atom is -0.475 e. The Morgan fingerprint density at radius 2 is 1.76 bits per heavy atom. The van der Waals surface area contributed by atoms with Crippen LogP contribution in [-0.4, -0.2) is 80.8 Å². The van der Waals surface area contributed by atoms with Crippen molar-refractivity contribution in [2.45, 2.75) is 46.1 Å². The first-order valence-corrected chi connectivity index (χ1v) is 10.9. The Bertz CT molecular complexity index is 1020. The zero-order valence-electron chi connectivity index (χ0n) is 19.1. The number of carbonyl (C=O) groups excluding carboxylic acids is 1. The molecule has 1 fully saturated rings. The second-order valence-corrected chi connectivity index (χ2v) is 8.28. The largest absolute Gasteiger partial charge is 0.490 e. The molecule has 34 heavy (non-hydrogen) atoms. The number of alkyl halides is 3. The summed E-state index contributed by atoms with van der Waals surface area (Å²) in [7, 11) is 0. The molecule has 186 valence electrons. The van der Waals surface area contributed by atoms with Crippen LogP contribution in [0.3, 0.4) is 0 Å². The zero-order chi connectivity index (χ0) is 24.9. The van der Waals surface area contributed by atoms with Crippen LogP contribution in [0.2, 0.25) is 0 Å². The Hall–Kier alpha value is -2.99. The molecule has 1 saturated heterocycles. The van der Waals surface area contributed by atoms with Crippen molar-refractivity contribution in [1.82, 2.24) is 24.8 Å². The monoisotopic (exact) mass is 483 g/mol. The number of hydrogen-bond donors (Lipinski definition) is 1. The van der Waals surface area contributed by atoms with Crippen LogP contribution in [-0.2, 0) is 29.2 Å². The molecule has 0 aliphatic carbocycles. The van der Waals surface area contributed by atoms with E-state index in [1.807, 2.05) is 34.7 Å². The fourth-order valence-electron chi connectivity index (χ4n) is 3.72.